The van der Waals surface area contributed by atoms with E-state index in [-0.39, 0.29) is 68.0 Å². The van der Waals surface area contributed by atoms with Crippen LogP contribution in [0.2, 0.25) is 0 Å². The van der Waals surface area contributed by atoms with E-state index >= 15 is 0 Å². The van der Waals surface area contributed by atoms with Gasteiger partial charge in [-0.2, -0.15) is 8.42 Å². The number of rotatable bonds is 5. The molecule has 1 saturated heterocycles. The molecule has 0 spiro atoms. The number of para-hydroxylation sites is 1. The van der Waals surface area contributed by atoms with Crippen LogP contribution >= 0.6 is 27.3 Å². The number of nitrogens with one attached hydrogen (secondary N) is 1. The summed E-state index contributed by atoms with van der Waals surface area (Å²) in [6.07, 6.45) is 1.41. The van der Waals surface area contributed by atoms with Crippen molar-refractivity contribution in [3.8, 4) is 0 Å². The topological polar surface area (TPSA) is 95.5 Å². The van der Waals surface area contributed by atoms with Crippen LogP contribution in [0.25, 0.3) is 10.2 Å². The summed E-state index contributed by atoms with van der Waals surface area (Å²) >= 11 is 5.13. The van der Waals surface area contributed by atoms with Gasteiger partial charge in [0.2, 0.25) is 0 Å². The zero-order valence-electron chi connectivity index (χ0n) is 18.9. The number of piperazine rings is 1. The third-order valence-corrected chi connectivity index (χ3v) is 8.34. The zero-order chi connectivity index (χ0) is 23.7. The first-order chi connectivity index (χ1) is 16.4. The Hall–Kier alpha value is -1.38. The fourth-order valence-corrected chi connectivity index (χ4v) is 6.35. The summed E-state index contributed by atoms with van der Waals surface area (Å²) in [6, 6.07) is 17.3. The summed E-state index contributed by atoms with van der Waals surface area (Å²) in [4.78, 5) is 25.9. The minimum absolute atomic E-state index is 0. The number of carbonyl (C=O) groups is 1. The minimum atomic E-state index is -3.91. The van der Waals surface area contributed by atoms with Crippen molar-refractivity contribution in [2.75, 3.05) is 35.8 Å². The second kappa shape index (κ2) is 11.3. The molecule has 12 heteroatoms. The molecule has 175 valence electrons. The standard InChI is InChI=1S/C23H20BrN5O3S2.K/c24-16-8-9-19-20(15-16)33-23(26-19)29-13-11-28(12-14-29)22(30)17-5-1-2-6-18(17)27-34(31,32)21-7-3-4-10-25-21;/h1-10,15,27H,11-14H2;. The largest absolute Gasteiger partial charge is 0.345 e. The molecule has 2 aromatic carbocycles. The fourth-order valence-electron chi connectivity index (χ4n) is 3.75. The maximum Gasteiger partial charge on any atom is 0.279 e. The van der Waals surface area contributed by atoms with E-state index in [1.807, 2.05) is 12.1 Å². The SMILES string of the molecule is O=C(c1ccccc1NS(=O)(=O)c1ccccn1)N1CCN(c2nc3ccc(Br)cc3s2)CC1.[K]. The molecule has 0 atom stereocenters. The molecular formula is C23H20BrKN5O3S2. The predicted molar refractivity (Wildman–Crippen MR) is 143 cm³/mol. The molecule has 3 heterocycles. The van der Waals surface area contributed by atoms with Gasteiger partial charge in [-0.05, 0) is 42.5 Å². The van der Waals surface area contributed by atoms with Gasteiger partial charge in [0.1, 0.15) is 0 Å². The van der Waals surface area contributed by atoms with Gasteiger partial charge in [0, 0.05) is 88.2 Å². The Morgan fingerprint density at radius 1 is 1.00 bits per heavy atom. The maximum absolute atomic E-state index is 13.3. The quantitative estimate of drug-likeness (QED) is 0.352. The van der Waals surface area contributed by atoms with Crippen LogP contribution in [0.3, 0.4) is 0 Å². The van der Waals surface area contributed by atoms with Crippen LogP contribution < -0.4 is 9.62 Å². The average molecular weight is 598 g/mol. The second-order valence-electron chi connectivity index (χ2n) is 7.71. The number of aromatic nitrogens is 2. The first kappa shape index (κ1) is 26.7. The third kappa shape index (κ3) is 5.96. The van der Waals surface area contributed by atoms with Gasteiger partial charge in [0.05, 0.1) is 21.5 Å². The molecule has 0 aliphatic carbocycles. The van der Waals surface area contributed by atoms with Crippen molar-refractivity contribution in [3.63, 3.8) is 0 Å². The number of halogens is 1. The number of nitrogens with zero attached hydrogens (tertiary/aromatic N) is 4. The van der Waals surface area contributed by atoms with Crippen molar-refractivity contribution in [1.29, 1.82) is 0 Å². The van der Waals surface area contributed by atoms with Gasteiger partial charge in [-0.25, -0.2) is 9.97 Å². The number of carbonyl (C=O) groups excluding carboxylic acids is 1. The number of fused-ring (bicyclic) bond motifs is 1. The van der Waals surface area contributed by atoms with Crippen LogP contribution in [-0.4, -0.2) is 107 Å². The average Bonchev–Trinajstić information content (AvgIpc) is 3.28. The van der Waals surface area contributed by atoms with E-state index in [4.69, 9.17) is 4.98 Å². The minimum Gasteiger partial charge on any atom is -0.345 e. The van der Waals surface area contributed by atoms with Crippen LogP contribution in [0.15, 0.2) is 76.4 Å². The van der Waals surface area contributed by atoms with Gasteiger partial charge in [-0.15, -0.1) is 0 Å². The van der Waals surface area contributed by atoms with Crippen LogP contribution in [0.5, 0.6) is 0 Å². The summed E-state index contributed by atoms with van der Waals surface area (Å²) in [5.41, 5.74) is 1.49. The summed E-state index contributed by atoms with van der Waals surface area (Å²) in [5.74, 6) is -0.216. The smallest absolute Gasteiger partial charge is 0.279 e. The van der Waals surface area contributed by atoms with E-state index < -0.39 is 10.0 Å². The van der Waals surface area contributed by atoms with Gasteiger partial charge in [0.15, 0.2) is 10.2 Å². The molecule has 0 bridgehead atoms. The van der Waals surface area contributed by atoms with Crippen LogP contribution in [0.1, 0.15) is 10.4 Å². The molecule has 2 aromatic heterocycles. The molecule has 1 amide bonds. The summed E-state index contributed by atoms with van der Waals surface area (Å²) in [6.45, 7) is 2.32. The molecule has 5 rings (SSSR count). The van der Waals surface area contributed by atoms with E-state index in [2.05, 4.69) is 36.6 Å². The monoisotopic (exact) mass is 596 g/mol. The van der Waals surface area contributed by atoms with Crippen molar-refractivity contribution < 1.29 is 13.2 Å². The second-order valence-corrected chi connectivity index (χ2v) is 11.3. The van der Waals surface area contributed by atoms with Gasteiger partial charge < -0.3 is 9.80 Å². The molecule has 0 unspecified atom stereocenters. The van der Waals surface area contributed by atoms with E-state index in [1.54, 1.807) is 52.6 Å². The Labute approximate surface area is 258 Å². The molecule has 4 aromatic rings. The van der Waals surface area contributed by atoms with Crippen LogP contribution in [0.4, 0.5) is 10.8 Å². The zero-order valence-corrected chi connectivity index (χ0v) is 25.2. The van der Waals surface area contributed by atoms with Crippen molar-refractivity contribution in [2.45, 2.75) is 5.03 Å². The van der Waals surface area contributed by atoms with Gasteiger partial charge in [-0.3, -0.25) is 9.52 Å². The molecule has 1 aliphatic rings. The van der Waals surface area contributed by atoms with E-state index in [0.29, 0.717) is 31.7 Å². The Morgan fingerprint density at radius 2 is 1.74 bits per heavy atom. The number of pyridine rings is 1. The number of benzene rings is 2. The van der Waals surface area contributed by atoms with Gasteiger partial charge >= 0.3 is 0 Å². The number of hydrogen-bond acceptors (Lipinski definition) is 7. The number of sulfonamides is 1. The summed E-state index contributed by atoms with van der Waals surface area (Å²) < 4.78 is 30.1. The van der Waals surface area contributed by atoms with Crippen molar-refractivity contribution in [2.24, 2.45) is 0 Å². The number of hydrogen-bond donors (Lipinski definition) is 1. The first-order valence-corrected chi connectivity index (χ1v) is 13.6. The Morgan fingerprint density at radius 3 is 2.49 bits per heavy atom. The first-order valence-electron chi connectivity index (χ1n) is 10.5. The molecular weight excluding hydrogens is 577 g/mol. The Balaban J connectivity index is 0.00000289. The van der Waals surface area contributed by atoms with E-state index in [1.165, 1.54) is 12.3 Å². The molecule has 8 nitrogen and oxygen atoms in total. The normalized spacial score (nSPS) is 14.0. The molecule has 35 heavy (non-hydrogen) atoms. The third-order valence-electron chi connectivity index (χ3n) is 5.49. The Kier molecular flexibility index (Phi) is 8.64. The van der Waals surface area contributed by atoms with Crippen LogP contribution in [0, 0.1) is 0 Å². The van der Waals surface area contributed by atoms with E-state index in [9.17, 15) is 13.2 Å². The fraction of sp³-hybridized carbons (Fsp3) is 0.174. The van der Waals surface area contributed by atoms with Gasteiger partial charge in [-0.1, -0.05) is 45.5 Å². The molecule has 1 aliphatic heterocycles. The molecule has 0 saturated carbocycles. The predicted octanol–water partition coefficient (Wildman–Crippen LogP) is 3.84. The molecule has 1 fully saturated rings. The van der Waals surface area contributed by atoms with Crippen LogP contribution in [-0.2, 0) is 10.0 Å². The maximum atomic E-state index is 13.3. The summed E-state index contributed by atoms with van der Waals surface area (Å²) in [7, 11) is -3.91. The summed E-state index contributed by atoms with van der Waals surface area (Å²) in [5, 5.41) is 0.831. The van der Waals surface area contributed by atoms with Crippen molar-refractivity contribution in [1.82, 2.24) is 14.9 Å². The van der Waals surface area contributed by atoms with Gasteiger partial charge in [0.25, 0.3) is 15.9 Å². The number of anilines is 2. The number of thiazole rings is 1. The Bertz CT molecular complexity index is 1460. The van der Waals surface area contributed by atoms with E-state index in [0.717, 1.165) is 19.8 Å². The molecule has 1 N–H and O–H groups in total. The molecule has 1 radical (unpaired) electrons. The van der Waals surface area contributed by atoms with Crippen molar-refractivity contribution in [3.05, 3.63) is 76.9 Å². The van der Waals surface area contributed by atoms with Crippen molar-refractivity contribution >= 4 is 116 Å². The number of amides is 1.